The molecule has 1 rings (SSSR count). The molecule has 0 radical (unpaired) electrons. The quantitative estimate of drug-likeness (QED) is 0.648. The average Bonchev–Trinajstić information content (AvgIpc) is 2.23. The Balaban J connectivity index is 2.45. The van der Waals surface area contributed by atoms with Crippen LogP contribution in [0.4, 0.5) is 0 Å². The van der Waals surface area contributed by atoms with Gasteiger partial charge in [-0.3, -0.25) is 4.90 Å². The van der Waals surface area contributed by atoms with Gasteiger partial charge < -0.3 is 0 Å². The van der Waals surface area contributed by atoms with Crippen molar-refractivity contribution in [2.45, 2.75) is 64.8 Å². The van der Waals surface area contributed by atoms with E-state index in [9.17, 15) is 0 Å². The minimum absolute atomic E-state index is 0.464. The van der Waals surface area contributed by atoms with E-state index >= 15 is 0 Å². The average molecular weight is 183 g/mol. The lowest BCUT2D eigenvalue weighted by molar-refractivity contribution is 0.121. The third-order valence-corrected chi connectivity index (χ3v) is 3.35. The Bertz CT molecular complexity index is 140. The molecule has 1 saturated heterocycles. The molecule has 0 aliphatic carbocycles. The van der Waals surface area contributed by atoms with Gasteiger partial charge >= 0.3 is 0 Å². The Morgan fingerprint density at radius 1 is 1.15 bits per heavy atom. The Morgan fingerprint density at radius 2 is 1.92 bits per heavy atom. The van der Waals surface area contributed by atoms with Crippen LogP contribution < -0.4 is 0 Å². The van der Waals surface area contributed by atoms with E-state index in [2.05, 4.69) is 25.7 Å². The second-order valence-electron chi connectivity index (χ2n) is 4.96. The Labute approximate surface area is 83.5 Å². The van der Waals surface area contributed by atoms with Gasteiger partial charge in [-0.15, -0.1) is 0 Å². The van der Waals surface area contributed by atoms with Crippen LogP contribution in [0, 0.1) is 0 Å². The van der Waals surface area contributed by atoms with Gasteiger partial charge in [-0.2, -0.15) is 0 Å². The molecule has 0 unspecified atom stereocenters. The van der Waals surface area contributed by atoms with Gasteiger partial charge in [-0.05, 0) is 46.2 Å². The van der Waals surface area contributed by atoms with Crippen LogP contribution in [-0.2, 0) is 0 Å². The molecule has 0 saturated carbocycles. The van der Waals surface area contributed by atoms with Crippen LogP contribution in [0.5, 0.6) is 0 Å². The van der Waals surface area contributed by atoms with Crippen molar-refractivity contribution in [3.05, 3.63) is 0 Å². The second kappa shape index (κ2) is 4.99. The van der Waals surface area contributed by atoms with Gasteiger partial charge in [-0.25, -0.2) is 0 Å². The van der Waals surface area contributed by atoms with Gasteiger partial charge in [0.15, 0.2) is 0 Å². The van der Waals surface area contributed by atoms with Crippen molar-refractivity contribution in [2.75, 3.05) is 13.1 Å². The van der Waals surface area contributed by atoms with Gasteiger partial charge in [0.05, 0.1) is 0 Å². The van der Waals surface area contributed by atoms with E-state index in [1.54, 1.807) is 0 Å². The van der Waals surface area contributed by atoms with Gasteiger partial charge in [0.2, 0.25) is 0 Å². The molecular formula is C12H25N. The summed E-state index contributed by atoms with van der Waals surface area (Å²) in [6, 6.07) is 0. The molecular weight excluding hydrogens is 158 g/mol. The van der Waals surface area contributed by atoms with Crippen molar-refractivity contribution in [1.82, 2.24) is 4.90 Å². The lowest BCUT2D eigenvalue weighted by atomic mass is 9.96. The number of likely N-dealkylation sites (tertiary alicyclic amines) is 1. The van der Waals surface area contributed by atoms with E-state index in [-0.39, 0.29) is 0 Å². The maximum Gasteiger partial charge on any atom is 0.0153 e. The van der Waals surface area contributed by atoms with Crippen LogP contribution in [0.15, 0.2) is 0 Å². The molecule has 1 nitrogen and oxygen atoms in total. The zero-order valence-corrected chi connectivity index (χ0v) is 9.60. The molecule has 0 N–H and O–H groups in total. The molecule has 0 aromatic carbocycles. The van der Waals surface area contributed by atoms with E-state index in [1.165, 1.54) is 51.6 Å². The molecule has 1 aliphatic rings. The van der Waals surface area contributed by atoms with E-state index in [4.69, 9.17) is 0 Å². The molecule has 0 aromatic rings. The molecule has 0 spiro atoms. The van der Waals surface area contributed by atoms with Crippen LogP contribution in [0.2, 0.25) is 0 Å². The van der Waals surface area contributed by atoms with E-state index in [0.29, 0.717) is 5.54 Å². The zero-order chi connectivity index (χ0) is 9.73. The molecule has 1 heterocycles. The Hall–Kier alpha value is -0.0400. The van der Waals surface area contributed by atoms with Crippen molar-refractivity contribution in [3.63, 3.8) is 0 Å². The Kier molecular flexibility index (Phi) is 4.24. The number of rotatable bonds is 3. The summed E-state index contributed by atoms with van der Waals surface area (Å²) in [4.78, 5) is 2.70. The highest BCUT2D eigenvalue weighted by Gasteiger charge is 2.27. The number of unbranched alkanes of at least 4 members (excludes halogenated alkanes) is 1. The summed E-state index contributed by atoms with van der Waals surface area (Å²) in [6.07, 6.45) is 8.35. The standard InChI is InChI=1S/C12H25N/c1-4-5-10-13-11-8-6-7-9-12(13,2)3/h4-11H2,1-3H3. The van der Waals surface area contributed by atoms with Gasteiger partial charge in [-0.1, -0.05) is 26.2 Å². The van der Waals surface area contributed by atoms with E-state index < -0.39 is 0 Å². The summed E-state index contributed by atoms with van der Waals surface area (Å²) >= 11 is 0. The van der Waals surface area contributed by atoms with Crippen LogP contribution >= 0.6 is 0 Å². The smallest absolute Gasteiger partial charge is 0.0153 e. The van der Waals surface area contributed by atoms with Crippen molar-refractivity contribution in [1.29, 1.82) is 0 Å². The Morgan fingerprint density at radius 3 is 2.62 bits per heavy atom. The fourth-order valence-corrected chi connectivity index (χ4v) is 2.26. The minimum Gasteiger partial charge on any atom is -0.298 e. The highest BCUT2D eigenvalue weighted by molar-refractivity contribution is 4.83. The summed E-state index contributed by atoms with van der Waals surface area (Å²) in [6.45, 7) is 9.74. The first-order valence-corrected chi connectivity index (χ1v) is 5.92. The lowest BCUT2D eigenvalue weighted by Gasteiger charge is -2.37. The summed E-state index contributed by atoms with van der Waals surface area (Å²) in [7, 11) is 0. The molecule has 1 fully saturated rings. The first kappa shape index (κ1) is 11.0. The molecule has 0 atom stereocenters. The van der Waals surface area contributed by atoms with Crippen LogP contribution in [0.1, 0.15) is 59.3 Å². The van der Waals surface area contributed by atoms with E-state index in [1.807, 2.05) is 0 Å². The fourth-order valence-electron chi connectivity index (χ4n) is 2.26. The van der Waals surface area contributed by atoms with Gasteiger partial charge in [0.1, 0.15) is 0 Å². The summed E-state index contributed by atoms with van der Waals surface area (Å²) < 4.78 is 0. The topological polar surface area (TPSA) is 3.24 Å². The van der Waals surface area contributed by atoms with Gasteiger partial charge in [0, 0.05) is 5.54 Å². The first-order chi connectivity index (χ1) is 6.17. The summed E-state index contributed by atoms with van der Waals surface area (Å²) in [5, 5.41) is 0. The molecule has 13 heavy (non-hydrogen) atoms. The summed E-state index contributed by atoms with van der Waals surface area (Å²) in [5.74, 6) is 0. The summed E-state index contributed by atoms with van der Waals surface area (Å²) in [5.41, 5.74) is 0.464. The predicted octanol–water partition coefficient (Wildman–Crippen LogP) is 3.44. The second-order valence-corrected chi connectivity index (χ2v) is 4.96. The van der Waals surface area contributed by atoms with Crippen molar-refractivity contribution < 1.29 is 0 Å². The molecule has 78 valence electrons. The van der Waals surface area contributed by atoms with Crippen molar-refractivity contribution in [2.24, 2.45) is 0 Å². The maximum atomic E-state index is 2.70. The highest BCUT2D eigenvalue weighted by Crippen LogP contribution is 2.26. The van der Waals surface area contributed by atoms with Crippen molar-refractivity contribution >= 4 is 0 Å². The monoisotopic (exact) mass is 183 g/mol. The predicted molar refractivity (Wildman–Crippen MR) is 59.0 cm³/mol. The first-order valence-electron chi connectivity index (χ1n) is 5.92. The SMILES string of the molecule is CCCCN1CCCCCC1(C)C. The lowest BCUT2D eigenvalue weighted by Crippen LogP contribution is -2.43. The minimum atomic E-state index is 0.464. The van der Waals surface area contributed by atoms with Crippen molar-refractivity contribution in [3.8, 4) is 0 Å². The largest absolute Gasteiger partial charge is 0.298 e. The molecule has 0 aromatic heterocycles. The third kappa shape index (κ3) is 3.30. The normalized spacial score (nSPS) is 24.2. The van der Waals surface area contributed by atoms with Crippen LogP contribution in [0.3, 0.4) is 0 Å². The molecule has 1 aliphatic heterocycles. The third-order valence-electron chi connectivity index (χ3n) is 3.35. The van der Waals surface area contributed by atoms with Crippen LogP contribution in [0.25, 0.3) is 0 Å². The van der Waals surface area contributed by atoms with Gasteiger partial charge in [0.25, 0.3) is 0 Å². The number of hydrogen-bond acceptors (Lipinski definition) is 1. The fraction of sp³-hybridized carbons (Fsp3) is 1.00. The molecule has 1 heteroatoms. The van der Waals surface area contributed by atoms with Crippen LogP contribution in [-0.4, -0.2) is 23.5 Å². The van der Waals surface area contributed by atoms with E-state index in [0.717, 1.165) is 0 Å². The number of hydrogen-bond donors (Lipinski definition) is 0. The highest BCUT2D eigenvalue weighted by atomic mass is 15.2. The molecule has 0 amide bonds. The maximum absolute atomic E-state index is 2.70. The zero-order valence-electron chi connectivity index (χ0n) is 9.60. The number of nitrogens with zero attached hydrogens (tertiary/aromatic N) is 1. The molecule has 0 bridgehead atoms.